The highest BCUT2D eigenvalue weighted by atomic mass is 35.5. The lowest BCUT2D eigenvalue weighted by Gasteiger charge is -2.02. The monoisotopic (exact) mass is 280 g/mol. The maximum atomic E-state index is 12.0. The Bertz CT molecular complexity index is 627. The molecule has 0 aliphatic heterocycles. The maximum Gasteiger partial charge on any atom is 0.276 e. The van der Waals surface area contributed by atoms with E-state index < -0.39 is 0 Å². The Balaban J connectivity index is 1.97. The highest BCUT2D eigenvalue weighted by Crippen LogP contribution is 2.32. The van der Waals surface area contributed by atoms with E-state index in [0.717, 1.165) is 25.1 Å². The lowest BCUT2D eigenvalue weighted by Crippen LogP contribution is -2.12. The summed E-state index contributed by atoms with van der Waals surface area (Å²) in [7, 11) is 0. The van der Waals surface area contributed by atoms with E-state index in [1.807, 2.05) is 0 Å². The van der Waals surface area contributed by atoms with Crippen LogP contribution in [0, 0.1) is 0 Å². The molecule has 0 aromatic carbocycles. The highest BCUT2D eigenvalue weighted by Gasteiger charge is 2.21. The minimum absolute atomic E-state index is 0.133. The molecule has 1 aliphatic carbocycles. The summed E-state index contributed by atoms with van der Waals surface area (Å²) in [4.78, 5) is 26.8. The number of aryl methyl sites for hydroxylation is 1. The van der Waals surface area contributed by atoms with Gasteiger partial charge < -0.3 is 9.97 Å². The summed E-state index contributed by atoms with van der Waals surface area (Å²) < 4.78 is 0. The predicted octanol–water partition coefficient (Wildman–Crippen LogP) is 2.48. The van der Waals surface area contributed by atoms with Gasteiger partial charge in [0.05, 0.1) is 0 Å². The minimum atomic E-state index is -0.133. The van der Waals surface area contributed by atoms with Crippen LogP contribution in [-0.4, -0.2) is 25.8 Å². The third-order valence-corrected chi connectivity index (χ3v) is 3.99. The van der Waals surface area contributed by atoms with Crippen LogP contribution in [0.15, 0.2) is 4.79 Å². The van der Waals surface area contributed by atoms with Crippen molar-refractivity contribution in [1.82, 2.24) is 19.9 Å². The Labute approximate surface area is 115 Å². The van der Waals surface area contributed by atoms with Crippen LogP contribution in [0.1, 0.15) is 49.7 Å². The van der Waals surface area contributed by atoms with Gasteiger partial charge in [-0.3, -0.25) is 4.79 Å². The van der Waals surface area contributed by atoms with E-state index in [1.165, 1.54) is 12.8 Å². The number of alkyl halides is 1. The maximum absolute atomic E-state index is 12.0. The molecular formula is C13H17ClN4O. The van der Waals surface area contributed by atoms with Gasteiger partial charge in [-0.2, -0.15) is 0 Å². The largest absolute Gasteiger partial charge is 0.336 e. The minimum Gasteiger partial charge on any atom is -0.336 e. The molecule has 102 valence electrons. The van der Waals surface area contributed by atoms with E-state index in [9.17, 15) is 4.79 Å². The van der Waals surface area contributed by atoms with Gasteiger partial charge in [-0.15, -0.1) is 11.6 Å². The SMILES string of the molecule is O=c1[nH]c(CCCCl)nc2nc(C3CCCC3)[nH]c12. The molecule has 0 amide bonds. The predicted molar refractivity (Wildman–Crippen MR) is 74.8 cm³/mol. The van der Waals surface area contributed by atoms with Crippen LogP contribution in [0.25, 0.3) is 11.2 Å². The van der Waals surface area contributed by atoms with Gasteiger partial charge in [0, 0.05) is 18.2 Å². The lowest BCUT2D eigenvalue weighted by atomic mass is 10.1. The molecular weight excluding hydrogens is 264 g/mol. The number of aromatic nitrogens is 4. The van der Waals surface area contributed by atoms with Crippen LogP contribution in [0.4, 0.5) is 0 Å². The zero-order valence-electron chi connectivity index (χ0n) is 10.7. The van der Waals surface area contributed by atoms with Gasteiger partial charge in [0.25, 0.3) is 5.56 Å². The van der Waals surface area contributed by atoms with Gasteiger partial charge in [0.15, 0.2) is 11.2 Å². The van der Waals surface area contributed by atoms with Crippen LogP contribution in [-0.2, 0) is 6.42 Å². The number of hydrogen-bond acceptors (Lipinski definition) is 3. The van der Waals surface area contributed by atoms with Gasteiger partial charge in [-0.1, -0.05) is 12.8 Å². The third-order valence-electron chi connectivity index (χ3n) is 3.72. The first-order valence-electron chi connectivity index (χ1n) is 6.82. The second kappa shape index (κ2) is 5.33. The lowest BCUT2D eigenvalue weighted by molar-refractivity contribution is 0.681. The van der Waals surface area contributed by atoms with Crippen molar-refractivity contribution in [3.63, 3.8) is 0 Å². The molecule has 0 unspecified atom stereocenters. The second-order valence-corrected chi connectivity index (χ2v) is 5.49. The number of imidazole rings is 1. The van der Waals surface area contributed by atoms with Crippen molar-refractivity contribution < 1.29 is 0 Å². The van der Waals surface area contributed by atoms with E-state index in [1.54, 1.807) is 0 Å². The molecule has 19 heavy (non-hydrogen) atoms. The number of fused-ring (bicyclic) bond motifs is 1. The summed E-state index contributed by atoms with van der Waals surface area (Å²) in [6, 6.07) is 0. The van der Waals surface area contributed by atoms with Crippen LogP contribution in [0.5, 0.6) is 0 Å². The molecule has 0 radical (unpaired) electrons. The van der Waals surface area contributed by atoms with Crippen molar-refractivity contribution in [2.24, 2.45) is 0 Å². The standard InChI is InChI=1S/C13H17ClN4O/c14-7-3-6-9-15-12-10(13(19)16-9)17-11(18-12)8-4-1-2-5-8/h8H,1-7H2,(H2,15,16,17,18,19). The first-order valence-corrected chi connectivity index (χ1v) is 7.36. The molecule has 5 nitrogen and oxygen atoms in total. The summed E-state index contributed by atoms with van der Waals surface area (Å²) >= 11 is 5.66. The van der Waals surface area contributed by atoms with Gasteiger partial charge >= 0.3 is 0 Å². The molecule has 0 atom stereocenters. The molecule has 1 saturated carbocycles. The zero-order valence-corrected chi connectivity index (χ0v) is 11.5. The first kappa shape index (κ1) is 12.7. The average Bonchev–Trinajstić information content (AvgIpc) is 3.04. The Kier molecular flexibility index (Phi) is 3.55. The molecule has 2 heterocycles. The average molecular weight is 281 g/mol. The van der Waals surface area contributed by atoms with Crippen LogP contribution >= 0.6 is 11.6 Å². The van der Waals surface area contributed by atoms with E-state index >= 15 is 0 Å². The highest BCUT2D eigenvalue weighted by molar-refractivity contribution is 6.17. The Morgan fingerprint density at radius 1 is 1.21 bits per heavy atom. The van der Waals surface area contributed by atoms with Crippen molar-refractivity contribution in [2.45, 2.75) is 44.4 Å². The number of hydrogen-bond donors (Lipinski definition) is 2. The summed E-state index contributed by atoms with van der Waals surface area (Å²) in [5.41, 5.74) is 0.901. The van der Waals surface area contributed by atoms with Crippen LogP contribution in [0.3, 0.4) is 0 Å². The molecule has 1 aliphatic rings. The molecule has 2 aromatic rings. The van der Waals surface area contributed by atoms with Crippen molar-refractivity contribution in [1.29, 1.82) is 0 Å². The summed E-state index contributed by atoms with van der Waals surface area (Å²) in [5.74, 6) is 2.61. The summed E-state index contributed by atoms with van der Waals surface area (Å²) in [6.45, 7) is 0. The van der Waals surface area contributed by atoms with Gasteiger partial charge in [-0.05, 0) is 19.3 Å². The van der Waals surface area contributed by atoms with Gasteiger partial charge in [0.1, 0.15) is 11.6 Å². The fraction of sp³-hybridized carbons (Fsp3) is 0.615. The molecule has 0 bridgehead atoms. The Morgan fingerprint density at radius 2 is 2.00 bits per heavy atom. The van der Waals surface area contributed by atoms with E-state index in [2.05, 4.69) is 19.9 Å². The van der Waals surface area contributed by atoms with E-state index in [0.29, 0.717) is 35.2 Å². The smallest absolute Gasteiger partial charge is 0.276 e. The summed E-state index contributed by atoms with van der Waals surface area (Å²) in [6.07, 6.45) is 6.27. The number of nitrogens with zero attached hydrogens (tertiary/aromatic N) is 2. The Morgan fingerprint density at radius 3 is 2.74 bits per heavy atom. The third kappa shape index (κ3) is 2.52. The Hall–Kier alpha value is -1.36. The normalized spacial score (nSPS) is 16.5. The fourth-order valence-electron chi connectivity index (χ4n) is 2.72. The van der Waals surface area contributed by atoms with Gasteiger partial charge in [0.2, 0.25) is 0 Å². The van der Waals surface area contributed by atoms with Crippen molar-refractivity contribution in [2.75, 3.05) is 5.88 Å². The number of nitrogens with one attached hydrogen (secondary N) is 2. The second-order valence-electron chi connectivity index (χ2n) is 5.11. The molecule has 6 heteroatoms. The topological polar surface area (TPSA) is 74.4 Å². The van der Waals surface area contributed by atoms with Gasteiger partial charge in [-0.25, -0.2) is 9.97 Å². The number of H-pyrrole nitrogens is 2. The van der Waals surface area contributed by atoms with Crippen molar-refractivity contribution in [3.05, 3.63) is 22.0 Å². The molecule has 2 N–H and O–H groups in total. The molecule has 3 rings (SSSR count). The molecule has 0 spiro atoms. The molecule has 0 saturated heterocycles. The number of rotatable bonds is 4. The van der Waals surface area contributed by atoms with E-state index in [4.69, 9.17) is 11.6 Å². The number of aromatic amines is 2. The quantitative estimate of drug-likeness (QED) is 0.845. The molecule has 2 aromatic heterocycles. The zero-order chi connectivity index (χ0) is 13.2. The van der Waals surface area contributed by atoms with E-state index in [-0.39, 0.29) is 5.56 Å². The first-order chi connectivity index (χ1) is 9.28. The fourth-order valence-corrected chi connectivity index (χ4v) is 2.85. The number of halogens is 1. The van der Waals surface area contributed by atoms with Crippen LogP contribution < -0.4 is 5.56 Å². The van der Waals surface area contributed by atoms with Crippen molar-refractivity contribution >= 4 is 22.8 Å². The summed E-state index contributed by atoms with van der Waals surface area (Å²) in [5, 5.41) is 0. The molecule has 1 fully saturated rings. The van der Waals surface area contributed by atoms with Crippen LogP contribution in [0.2, 0.25) is 0 Å². The van der Waals surface area contributed by atoms with Crippen molar-refractivity contribution in [3.8, 4) is 0 Å².